The fraction of sp³-hybridized carbons (Fsp3) is 0.348. The molecule has 7 nitrogen and oxygen atoms in total. The average molecular weight is 441 g/mol. The monoisotopic (exact) mass is 440 g/mol. The molecule has 31 heavy (non-hydrogen) atoms. The highest BCUT2D eigenvalue weighted by Gasteiger charge is 2.23. The zero-order valence-electron chi connectivity index (χ0n) is 17.1. The van der Waals surface area contributed by atoms with E-state index in [1.165, 1.54) is 18.9 Å². The van der Waals surface area contributed by atoms with Crippen molar-refractivity contribution in [3.05, 3.63) is 74.9 Å². The Balaban J connectivity index is 1.59. The molecule has 1 aliphatic rings. The fourth-order valence-corrected chi connectivity index (χ4v) is 4.45. The third-order valence-electron chi connectivity index (χ3n) is 5.87. The quantitative estimate of drug-likeness (QED) is 0.399. The molecule has 0 saturated carbocycles. The number of carbonyl (C=O) groups is 1. The molecule has 0 aliphatic carbocycles. The Morgan fingerprint density at radius 2 is 2.03 bits per heavy atom. The lowest BCUT2D eigenvalue weighted by molar-refractivity contribution is -0.384. The van der Waals surface area contributed by atoms with Gasteiger partial charge in [-0.05, 0) is 55.3 Å². The largest absolute Gasteiger partial charge is 0.361 e. The third kappa shape index (κ3) is 5.06. The number of nitro groups is 1. The maximum Gasteiger partial charge on any atom is 0.269 e. The number of carbonyl (C=O) groups excluding carboxylic acids is 1. The highest BCUT2D eigenvalue weighted by molar-refractivity contribution is 6.31. The van der Waals surface area contributed by atoms with Crippen LogP contribution in [-0.4, -0.2) is 46.9 Å². The van der Waals surface area contributed by atoms with Crippen LogP contribution >= 0.6 is 11.6 Å². The van der Waals surface area contributed by atoms with Crippen molar-refractivity contribution in [2.75, 3.05) is 26.2 Å². The van der Waals surface area contributed by atoms with Crippen molar-refractivity contribution in [2.45, 2.75) is 25.2 Å². The number of aromatic amines is 1. The SMILES string of the molecule is O=C(C[C@@H](c1cccc([N+](=O)[O-])c1)c1c[nH]c2ccc(Cl)cc12)NCCN1CCCC1. The lowest BCUT2D eigenvalue weighted by atomic mass is 9.87. The third-order valence-corrected chi connectivity index (χ3v) is 6.11. The number of halogens is 1. The van der Waals surface area contributed by atoms with E-state index in [1.807, 2.05) is 24.4 Å². The van der Waals surface area contributed by atoms with Crippen LogP contribution in [0.4, 0.5) is 5.69 Å². The number of fused-ring (bicyclic) bond motifs is 1. The van der Waals surface area contributed by atoms with Crippen molar-refractivity contribution in [2.24, 2.45) is 0 Å². The minimum absolute atomic E-state index is 0.00909. The second-order valence-corrected chi connectivity index (χ2v) is 8.38. The van der Waals surface area contributed by atoms with Crippen LogP contribution in [-0.2, 0) is 4.79 Å². The molecule has 0 spiro atoms. The van der Waals surface area contributed by atoms with E-state index in [9.17, 15) is 14.9 Å². The standard InChI is InChI=1S/C23H25ClN4O3/c24-17-6-7-22-20(13-17)21(15-26-22)19(16-4-3-5-18(12-16)28(30)31)14-23(29)25-8-11-27-9-1-2-10-27/h3-7,12-13,15,19,26H,1-2,8-11,14H2,(H,25,29)/t19-/m0/s1. The van der Waals surface area contributed by atoms with Crippen LogP contribution in [0, 0.1) is 10.1 Å². The van der Waals surface area contributed by atoms with Gasteiger partial charge < -0.3 is 15.2 Å². The first kappa shape index (κ1) is 21.3. The topological polar surface area (TPSA) is 91.3 Å². The minimum atomic E-state index is -0.414. The lowest BCUT2D eigenvalue weighted by Crippen LogP contribution is -2.34. The number of H-pyrrole nitrogens is 1. The highest BCUT2D eigenvalue weighted by Crippen LogP contribution is 2.35. The maximum atomic E-state index is 12.8. The van der Waals surface area contributed by atoms with E-state index < -0.39 is 4.92 Å². The molecular formula is C23H25ClN4O3. The summed E-state index contributed by atoms with van der Waals surface area (Å²) in [6.45, 7) is 3.61. The lowest BCUT2D eigenvalue weighted by Gasteiger charge is -2.19. The van der Waals surface area contributed by atoms with Crippen LogP contribution in [0.1, 0.15) is 36.3 Å². The normalized spacial score (nSPS) is 15.3. The first-order valence-corrected chi connectivity index (χ1v) is 10.9. The number of amides is 1. The number of benzene rings is 2. The van der Waals surface area contributed by atoms with E-state index >= 15 is 0 Å². The summed E-state index contributed by atoms with van der Waals surface area (Å²) in [5, 5.41) is 15.8. The molecule has 1 aliphatic heterocycles. The zero-order valence-corrected chi connectivity index (χ0v) is 17.9. The number of nitro benzene ring substituents is 1. The fourth-order valence-electron chi connectivity index (χ4n) is 4.28. The van der Waals surface area contributed by atoms with Gasteiger partial charge in [0.1, 0.15) is 0 Å². The van der Waals surface area contributed by atoms with E-state index in [0.717, 1.165) is 41.7 Å². The molecule has 2 N–H and O–H groups in total. The van der Waals surface area contributed by atoms with Crippen LogP contribution < -0.4 is 5.32 Å². The number of aromatic nitrogens is 1. The van der Waals surface area contributed by atoms with Gasteiger partial charge in [-0.2, -0.15) is 0 Å². The summed E-state index contributed by atoms with van der Waals surface area (Å²) >= 11 is 6.21. The van der Waals surface area contributed by atoms with E-state index in [-0.39, 0.29) is 23.9 Å². The first-order valence-electron chi connectivity index (χ1n) is 10.5. The van der Waals surface area contributed by atoms with Crippen molar-refractivity contribution < 1.29 is 9.72 Å². The summed E-state index contributed by atoms with van der Waals surface area (Å²) in [4.78, 5) is 29.3. The van der Waals surface area contributed by atoms with Crippen LogP contribution in [0.5, 0.6) is 0 Å². The number of nitrogens with zero attached hydrogens (tertiary/aromatic N) is 2. The molecular weight excluding hydrogens is 416 g/mol. The van der Waals surface area contributed by atoms with Crippen molar-refractivity contribution in [1.82, 2.24) is 15.2 Å². The Hall–Kier alpha value is -2.90. The van der Waals surface area contributed by atoms with E-state index in [1.54, 1.807) is 18.2 Å². The molecule has 0 bridgehead atoms. The molecule has 162 valence electrons. The molecule has 1 fully saturated rings. The Labute approximate surface area is 185 Å². The summed E-state index contributed by atoms with van der Waals surface area (Å²) in [6.07, 6.45) is 4.49. The Morgan fingerprint density at radius 1 is 1.23 bits per heavy atom. The molecule has 0 radical (unpaired) electrons. The molecule has 1 saturated heterocycles. The number of rotatable bonds is 8. The Morgan fingerprint density at radius 3 is 2.81 bits per heavy atom. The van der Waals surface area contributed by atoms with E-state index in [0.29, 0.717) is 11.6 Å². The summed E-state index contributed by atoms with van der Waals surface area (Å²) in [5.74, 6) is -0.411. The second-order valence-electron chi connectivity index (χ2n) is 7.94. The van der Waals surface area contributed by atoms with Gasteiger partial charge in [0.05, 0.1) is 4.92 Å². The zero-order chi connectivity index (χ0) is 21.8. The molecule has 4 rings (SSSR count). The summed E-state index contributed by atoms with van der Waals surface area (Å²) in [5.41, 5.74) is 2.54. The van der Waals surface area contributed by atoms with Gasteiger partial charge in [-0.25, -0.2) is 0 Å². The molecule has 1 aromatic heterocycles. The van der Waals surface area contributed by atoms with Gasteiger partial charge in [0.15, 0.2) is 0 Å². The van der Waals surface area contributed by atoms with E-state index in [2.05, 4.69) is 15.2 Å². The van der Waals surface area contributed by atoms with Gasteiger partial charge in [0, 0.05) is 59.7 Å². The van der Waals surface area contributed by atoms with Crippen LogP contribution in [0.15, 0.2) is 48.7 Å². The van der Waals surface area contributed by atoms with Crippen molar-refractivity contribution in [3.63, 3.8) is 0 Å². The van der Waals surface area contributed by atoms with Gasteiger partial charge in [0.25, 0.3) is 5.69 Å². The van der Waals surface area contributed by atoms with Crippen LogP contribution in [0.2, 0.25) is 5.02 Å². The molecule has 2 heterocycles. The maximum absolute atomic E-state index is 12.8. The molecule has 0 unspecified atom stereocenters. The van der Waals surface area contributed by atoms with E-state index in [4.69, 9.17) is 11.6 Å². The number of nitrogens with one attached hydrogen (secondary N) is 2. The number of hydrogen-bond donors (Lipinski definition) is 2. The van der Waals surface area contributed by atoms with Crippen molar-refractivity contribution in [3.8, 4) is 0 Å². The minimum Gasteiger partial charge on any atom is -0.361 e. The van der Waals surface area contributed by atoms with Crippen molar-refractivity contribution in [1.29, 1.82) is 0 Å². The first-order chi connectivity index (χ1) is 15.0. The summed E-state index contributed by atoms with van der Waals surface area (Å²) in [7, 11) is 0. The van der Waals surface area contributed by atoms with Gasteiger partial charge in [-0.3, -0.25) is 14.9 Å². The van der Waals surface area contributed by atoms with Gasteiger partial charge in [-0.1, -0.05) is 23.7 Å². The summed E-state index contributed by atoms with van der Waals surface area (Å²) in [6, 6.07) is 12.1. The van der Waals surface area contributed by atoms with Gasteiger partial charge in [-0.15, -0.1) is 0 Å². The number of non-ortho nitro benzene ring substituents is 1. The second kappa shape index (κ2) is 9.49. The number of hydrogen-bond acceptors (Lipinski definition) is 4. The molecule has 1 amide bonds. The average Bonchev–Trinajstić information content (AvgIpc) is 3.42. The van der Waals surface area contributed by atoms with Crippen LogP contribution in [0.25, 0.3) is 10.9 Å². The summed E-state index contributed by atoms with van der Waals surface area (Å²) < 4.78 is 0. The molecule has 3 aromatic rings. The Kier molecular flexibility index (Phi) is 6.53. The smallest absolute Gasteiger partial charge is 0.269 e. The van der Waals surface area contributed by atoms with Crippen LogP contribution in [0.3, 0.4) is 0 Å². The highest BCUT2D eigenvalue weighted by atomic mass is 35.5. The molecule has 8 heteroatoms. The van der Waals surface area contributed by atoms with Crippen molar-refractivity contribution >= 4 is 34.1 Å². The molecule has 1 atom stereocenters. The number of likely N-dealkylation sites (tertiary alicyclic amines) is 1. The predicted molar refractivity (Wildman–Crippen MR) is 122 cm³/mol. The Bertz CT molecular complexity index is 1090. The van der Waals surface area contributed by atoms with Gasteiger partial charge in [0.2, 0.25) is 5.91 Å². The predicted octanol–water partition coefficient (Wildman–Crippen LogP) is 4.46. The molecule has 2 aromatic carbocycles. The van der Waals surface area contributed by atoms with Gasteiger partial charge >= 0.3 is 0 Å².